The molecule has 2 aliphatic rings. The molecule has 1 fully saturated rings. The minimum absolute atomic E-state index is 0.191. The number of imide groups is 1. The Kier molecular flexibility index (Phi) is 3.56. The van der Waals surface area contributed by atoms with Gasteiger partial charge in [-0.05, 0) is 18.1 Å². The van der Waals surface area contributed by atoms with Gasteiger partial charge in [0.05, 0.1) is 5.56 Å². The number of ketones is 1. The molecule has 0 bridgehead atoms. The molecule has 116 valence electrons. The van der Waals surface area contributed by atoms with E-state index >= 15 is 0 Å². The molecule has 22 heavy (non-hydrogen) atoms. The van der Waals surface area contributed by atoms with Crippen molar-refractivity contribution in [2.75, 3.05) is 19.7 Å². The van der Waals surface area contributed by atoms with Crippen molar-refractivity contribution in [3.8, 4) is 5.75 Å². The SMILES string of the molecule is CC1CC(=O)c2c(OCC(=O)N3CCNC3=O)ccc(F)c21. The maximum absolute atomic E-state index is 13.9. The van der Waals surface area contributed by atoms with E-state index in [2.05, 4.69) is 5.32 Å². The van der Waals surface area contributed by atoms with Gasteiger partial charge in [0.2, 0.25) is 0 Å². The number of urea groups is 1. The molecule has 0 saturated carbocycles. The first-order chi connectivity index (χ1) is 10.5. The van der Waals surface area contributed by atoms with Crippen LogP contribution in [-0.4, -0.2) is 42.3 Å². The van der Waals surface area contributed by atoms with Crippen LogP contribution in [0.25, 0.3) is 0 Å². The number of halogens is 1. The molecule has 1 unspecified atom stereocenters. The molecule has 1 heterocycles. The summed E-state index contributed by atoms with van der Waals surface area (Å²) in [6.07, 6.45) is 0.231. The zero-order valence-electron chi connectivity index (χ0n) is 12.0. The third kappa shape index (κ3) is 2.32. The Bertz CT molecular complexity index is 674. The molecule has 1 aliphatic heterocycles. The summed E-state index contributed by atoms with van der Waals surface area (Å²) in [6.45, 7) is 2.11. The maximum atomic E-state index is 13.9. The highest BCUT2D eigenvalue weighted by atomic mass is 19.1. The molecule has 1 saturated heterocycles. The van der Waals surface area contributed by atoms with Crippen LogP contribution in [0.2, 0.25) is 0 Å². The number of nitrogens with zero attached hydrogens (tertiary/aromatic N) is 1. The number of rotatable bonds is 3. The van der Waals surface area contributed by atoms with Crippen molar-refractivity contribution < 1.29 is 23.5 Å². The van der Waals surface area contributed by atoms with Crippen LogP contribution in [0.4, 0.5) is 9.18 Å². The van der Waals surface area contributed by atoms with Gasteiger partial charge in [0.1, 0.15) is 11.6 Å². The summed E-state index contributed by atoms with van der Waals surface area (Å²) in [6, 6.07) is 2.13. The number of carbonyl (C=O) groups excluding carboxylic acids is 3. The van der Waals surface area contributed by atoms with Crippen molar-refractivity contribution in [2.45, 2.75) is 19.3 Å². The van der Waals surface area contributed by atoms with E-state index < -0.39 is 17.8 Å². The minimum Gasteiger partial charge on any atom is -0.483 e. The van der Waals surface area contributed by atoms with Gasteiger partial charge in [-0.1, -0.05) is 6.92 Å². The molecule has 0 radical (unpaired) electrons. The topological polar surface area (TPSA) is 75.7 Å². The van der Waals surface area contributed by atoms with Crippen molar-refractivity contribution in [2.24, 2.45) is 0 Å². The van der Waals surface area contributed by atoms with Crippen molar-refractivity contribution in [3.05, 3.63) is 29.1 Å². The first-order valence-electron chi connectivity index (χ1n) is 7.05. The van der Waals surface area contributed by atoms with Crippen molar-refractivity contribution in [3.63, 3.8) is 0 Å². The van der Waals surface area contributed by atoms with E-state index in [0.29, 0.717) is 18.7 Å². The van der Waals surface area contributed by atoms with Gasteiger partial charge in [-0.15, -0.1) is 0 Å². The number of hydrogen-bond donors (Lipinski definition) is 1. The average molecular weight is 306 g/mol. The summed E-state index contributed by atoms with van der Waals surface area (Å²) in [5, 5.41) is 2.52. The van der Waals surface area contributed by atoms with Crippen LogP contribution in [0.3, 0.4) is 0 Å². The van der Waals surface area contributed by atoms with E-state index in [4.69, 9.17) is 4.74 Å². The summed E-state index contributed by atoms with van der Waals surface area (Å²) >= 11 is 0. The second-order valence-corrected chi connectivity index (χ2v) is 5.43. The van der Waals surface area contributed by atoms with Crippen molar-refractivity contribution >= 4 is 17.7 Å². The second-order valence-electron chi connectivity index (χ2n) is 5.43. The summed E-state index contributed by atoms with van der Waals surface area (Å²) < 4.78 is 19.2. The number of amides is 3. The molecule has 7 heteroatoms. The molecule has 1 aromatic carbocycles. The standard InChI is InChI=1S/C15H15FN2O4/c1-8-6-10(19)14-11(3-2-9(16)13(8)14)22-7-12(20)18-5-4-17-15(18)21/h2-3,8H,4-7H2,1H3,(H,17,21). The Hall–Kier alpha value is -2.44. The molecule has 0 aromatic heterocycles. The fourth-order valence-corrected chi connectivity index (χ4v) is 2.87. The summed E-state index contributed by atoms with van der Waals surface area (Å²) in [5.41, 5.74) is 0.556. The van der Waals surface area contributed by atoms with Crippen LogP contribution >= 0.6 is 0 Å². The van der Waals surface area contributed by atoms with Gasteiger partial charge in [0.15, 0.2) is 12.4 Å². The molecule has 6 nitrogen and oxygen atoms in total. The van der Waals surface area contributed by atoms with Gasteiger partial charge in [-0.3, -0.25) is 14.5 Å². The highest BCUT2D eigenvalue weighted by Gasteiger charge is 2.33. The predicted molar refractivity (Wildman–Crippen MR) is 74.4 cm³/mol. The normalized spacial score (nSPS) is 20.1. The number of fused-ring (bicyclic) bond motifs is 1. The van der Waals surface area contributed by atoms with Gasteiger partial charge < -0.3 is 10.1 Å². The third-order valence-corrected chi connectivity index (χ3v) is 3.93. The Morgan fingerprint density at radius 3 is 2.91 bits per heavy atom. The van der Waals surface area contributed by atoms with E-state index in [1.165, 1.54) is 12.1 Å². The van der Waals surface area contributed by atoms with Gasteiger partial charge in [-0.2, -0.15) is 0 Å². The summed E-state index contributed by atoms with van der Waals surface area (Å²) in [5.74, 6) is -1.13. The lowest BCUT2D eigenvalue weighted by molar-refractivity contribution is -0.129. The Labute approximate surface area is 126 Å². The van der Waals surface area contributed by atoms with Crippen LogP contribution in [0.15, 0.2) is 12.1 Å². The number of hydrogen-bond acceptors (Lipinski definition) is 4. The molecule has 1 N–H and O–H groups in total. The Balaban J connectivity index is 1.78. The molecule has 3 rings (SSSR count). The van der Waals surface area contributed by atoms with Crippen LogP contribution in [-0.2, 0) is 4.79 Å². The van der Waals surface area contributed by atoms with Gasteiger partial charge in [-0.25, -0.2) is 9.18 Å². The zero-order chi connectivity index (χ0) is 15.9. The fourth-order valence-electron chi connectivity index (χ4n) is 2.87. The molecule has 1 aromatic rings. The first kappa shape index (κ1) is 14.5. The fraction of sp³-hybridized carbons (Fsp3) is 0.400. The van der Waals surface area contributed by atoms with E-state index in [1.807, 2.05) is 0 Å². The van der Waals surface area contributed by atoms with E-state index in [-0.39, 0.29) is 36.0 Å². The monoisotopic (exact) mass is 306 g/mol. The summed E-state index contributed by atoms with van der Waals surface area (Å²) in [7, 11) is 0. The van der Waals surface area contributed by atoms with E-state index in [1.54, 1.807) is 6.92 Å². The number of ether oxygens (including phenoxy) is 1. The van der Waals surface area contributed by atoms with Crippen LogP contribution in [0.5, 0.6) is 5.75 Å². The van der Waals surface area contributed by atoms with Crippen LogP contribution in [0, 0.1) is 5.82 Å². The molecular formula is C15H15FN2O4. The van der Waals surface area contributed by atoms with Crippen molar-refractivity contribution in [1.29, 1.82) is 0 Å². The van der Waals surface area contributed by atoms with Crippen LogP contribution < -0.4 is 10.1 Å². The van der Waals surface area contributed by atoms with Crippen molar-refractivity contribution in [1.82, 2.24) is 10.2 Å². The maximum Gasteiger partial charge on any atom is 0.324 e. The quantitative estimate of drug-likeness (QED) is 0.917. The molecule has 0 spiro atoms. The highest BCUT2D eigenvalue weighted by molar-refractivity contribution is 6.04. The molecule has 1 aliphatic carbocycles. The van der Waals surface area contributed by atoms with Gasteiger partial charge >= 0.3 is 6.03 Å². The second kappa shape index (κ2) is 5.40. The lowest BCUT2D eigenvalue weighted by atomic mass is 10.0. The molecule has 1 atom stereocenters. The molecular weight excluding hydrogens is 291 g/mol. The Morgan fingerprint density at radius 2 is 2.23 bits per heavy atom. The first-order valence-corrected chi connectivity index (χ1v) is 7.05. The van der Waals surface area contributed by atoms with Crippen LogP contribution in [0.1, 0.15) is 35.2 Å². The average Bonchev–Trinajstić information content (AvgIpc) is 3.02. The van der Waals surface area contributed by atoms with E-state index in [0.717, 1.165) is 4.90 Å². The number of nitrogens with one attached hydrogen (secondary N) is 1. The minimum atomic E-state index is -0.494. The number of benzene rings is 1. The largest absolute Gasteiger partial charge is 0.483 e. The number of Topliss-reactive ketones (excluding diaryl/α,β-unsaturated/α-hetero) is 1. The highest BCUT2D eigenvalue weighted by Crippen LogP contribution is 2.39. The summed E-state index contributed by atoms with van der Waals surface area (Å²) in [4.78, 5) is 36.4. The zero-order valence-corrected chi connectivity index (χ0v) is 12.0. The number of carbonyl (C=O) groups is 3. The van der Waals surface area contributed by atoms with E-state index in [9.17, 15) is 18.8 Å². The van der Waals surface area contributed by atoms with Gasteiger partial charge in [0.25, 0.3) is 5.91 Å². The van der Waals surface area contributed by atoms with Gasteiger partial charge in [0, 0.05) is 25.1 Å². The molecule has 3 amide bonds. The lowest BCUT2D eigenvalue weighted by Crippen LogP contribution is -2.37. The Morgan fingerprint density at radius 1 is 1.45 bits per heavy atom. The lowest BCUT2D eigenvalue weighted by Gasteiger charge is -2.14. The smallest absolute Gasteiger partial charge is 0.324 e. The predicted octanol–water partition coefficient (Wildman–Crippen LogP) is 1.45. The third-order valence-electron chi connectivity index (χ3n) is 3.93.